The van der Waals surface area contributed by atoms with E-state index in [-0.39, 0.29) is 29.5 Å². The van der Waals surface area contributed by atoms with Crippen LogP contribution in [0.15, 0.2) is 82.2 Å². The van der Waals surface area contributed by atoms with Crippen LogP contribution < -0.4 is 15.0 Å². The Morgan fingerprint density at radius 2 is 1.71 bits per heavy atom. The van der Waals surface area contributed by atoms with Gasteiger partial charge < -0.3 is 19.7 Å². The highest BCUT2D eigenvalue weighted by atomic mass is 79.9. The van der Waals surface area contributed by atoms with E-state index in [2.05, 4.69) is 40.0 Å². The van der Waals surface area contributed by atoms with Crippen molar-refractivity contribution in [2.24, 2.45) is 5.41 Å². The number of rotatable bonds is 12. The Hall–Kier alpha value is -3.37. The van der Waals surface area contributed by atoms with Crippen molar-refractivity contribution < 1.29 is 27.5 Å². The molecule has 0 radical (unpaired) electrons. The van der Waals surface area contributed by atoms with Gasteiger partial charge in [-0.15, -0.1) is 0 Å². The first kappa shape index (κ1) is 31.6. The molecule has 0 saturated carbocycles. The van der Waals surface area contributed by atoms with Crippen molar-refractivity contribution in [3.05, 3.63) is 82.8 Å². The van der Waals surface area contributed by atoms with E-state index in [1.54, 1.807) is 6.07 Å². The number of fused-ring (bicyclic) bond motifs is 1. The van der Waals surface area contributed by atoms with E-state index in [4.69, 9.17) is 9.47 Å². The molecule has 1 N–H and O–H groups in total. The van der Waals surface area contributed by atoms with Gasteiger partial charge in [0.05, 0.1) is 20.8 Å². The van der Waals surface area contributed by atoms with Crippen LogP contribution in [-0.4, -0.2) is 45.7 Å². The zero-order valence-corrected chi connectivity index (χ0v) is 26.4. The summed E-state index contributed by atoms with van der Waals surface area (Å²) < 4.78 is 39.3. The third-order valence-electron chi connectivity index (χ3n) is 7.54. The molecular weight excluding hydrogens is 620 g/mol. The standard InChI is InChI=1S/C32H37BrN2O6S/c1-3-5-16-32(4-2)22-35(25-14-10-7-11-15-25)27-17-26(33)28(18-29(27)42(38,39)23-32)40-21-30(36)34-19-31(37)41-20-24-12-8-6-9-13-24/h6-15,17-18H,3-5,16,19-23H2,1-2H3,(H,34,36)/t32-/m0/s1. The molecule has 3 aromatic carbocycles. The van der Waals surface area contributed by atoms with Crippen molar-refractivity contribution in [3.63, 3.8) is 0 Å². The average Bonchev–Trinajstić information content (AvgIpc) is 3.09. The maximum Gasteiger partial charge on any atom is 0.325 e. The van der Waals surface area contributed by atoms with Crippen molar-refractivity contribution in [2.45, 2.75) is 51.0 Å². The Morgan fingerprint density at radius 1 is 1.02 bits per heavy atom. The number of benzene rings is 3. The zero-order chi connectivity index (χ0) is 30.2. The van der Waals surface area contributed by atoms with Crippen LogP contribution in [0, 0.1) is 5.41 Å². The van der Waals surface area contributed by atoms with Crippen molar-refractivity contribution in [1.82, 2.24) is 5.32 Å². The molecule has 0 saturated heterocycles. The summed E-state index contributed by atoms with van der Waals surface area (Å²) in [6.07, 6.45) is 3.45. The lowest BCUT2D eigenvalue weighted by molar-refractivity contribution is -0.145. The fourth-order valence-electron chi connectivity index (χ4n) is 5.13. The van der Waals surface area contributed by atoms with E-state index >= 15 is 0 Å². The fourth-order valence-corrected chi connectivity index (χ4v) is 7.75. The van der Waals surface area contributed by atoms with Crippen LogP contribution in [0.4, 0.5) is 11.4 Å². The molecule has 0 aliphatic carbocycles. The third-order valence-corrected chi connectivity index (χ3v) is 10.1. The molecule has 224 valence electrons. The van der Waals surface area contributed by atoms with E-state index in [0.29, 0.717) is 16.7 Å². The number of anilines is 2. The summed E-state index contributed by atoms with van der Waals surface area (Å²) in [4.78, 5) is 26.8. The van der Waals surface area contributed by atoms with Crippen molar-refractivity contribution in [2.75, 3.05) is 30.3 Å². The molecule has 8 nitrogen and oxygen atoms in total. The second-order valence-electron chi connectivity index (χ2n) is 10.6. The first-order chi connectivity index (χ1) is 20.2. The van der Waals surface area contributed by atoms with Crippen molar-refractivity contribution in [3.8, 4) is 5.75 Å². The van der Waals surface area contributed by atoms with Crippen LogP contribution in [0.1, 0.15) is 45.1 Å². The number of amides is 1. The second-order valence-corrected chi connectivity index (χ2v) is 13.4. The molecular formula is C32H37BrN2O6S. The molecule has 0 bridgehead atoms. The molecule has 3 aromatic rings. The predicted molar refractivity (Wildman–Crippen MR) is 167 cm³/mol. The molecule has 0 unspecified atom stereocenters. The normalized spacial score (nSPS) is 17.5. The number of nitrogens with zero attached hydrogens (tertiary/aromatic N) is 1. The van der Waals surface area contributed by atoms with Gasteiger partial charge in [0.1, 0.15) is 18.9 Å². The van der Waals surface area contributed by atoms with Gasteiger partial charge in [-0.05, 0) is 52.5 Å². The van der Waals surface area contributed by atoms with Crippen LogP contribution in [0.5, 0.6) is 5.75 Å². The third kappa shape index (κ3) is 7.92. The maximum absolute atomic E-state index is 13.9. The van der Waals surface area contributed by atoms with Gasteiger partial charge in [-0.2, -0.15) is 0 Å². The Labute approximate surface area is 256 Å². The minimum absolute atomic E-state index is 0.0273. The van der Waals surface area contributed by atoms with E-state index in [9.17, 15) is 18.0 Å². The Balaban J connectivity index is 1.51. The van der Waals surface area contributed by atoms with E-state index in [0.717, 1.165) is 36.9 Å². The lowest BCUT2D eigenvalue weighted by Crippen LogP contribution is -2.37. The number of esters is 1. The number of carbonyl (C=O) groups excluding carboxylic acids is 2. The summed E-state index contributed by atoms with van der Waals surface area (Å²) in [5.74, 6) is -0.857. The molecule has 0 aromatic heterocycles. The lowest BCUT2D eigenvalue weighted by Gasteiger charge is -2.36. The van der Waals surface area contributed by atoms with E-state index in [1.807, 2.05) is 60.7 Å². The SMILES string of the molecule is CCCC[C@@]1(CC)CN(c2ccccc2)c2cc(Br)c(OCC(=O)NCC(=O)OCc3ccccc3)cc2S(=O)(=O)C1. The topological polar surface area (TPSA) is 102 Å². The Kier molecular flexibility index (Phi) is 10.7. The summed E-state index contributed by atoms with van der Waals surface area (Å²) >= 11 is 3.53. The van der Waals surface area contributed by atoms with Gasteiger partial charge in [0.15, 0.2) is 16.4 Å². The van der Waals surface area contributed by atoms with Gasteiger partial charge in [-0.25, -0.2) is 8.42 Å². The smallest absolute Gasteiger partial charge is 0.325 e. The van der Waals surface area contributed by atoms with E-state index in [1.165, 1.54) is 6.07 Å². The van der Waals surface area contributed by atoms with Gasteiger partial charge in [-0.3, -0.25) is 9.59 Å². The molecule has 1 aliphatic heterocycles. The van der Waals surface area contributed by atoms with Crippen LogP contribution in [0.25, 0.3) is 0 Å². The number of sulfone groups is 1. The summed E-state index contributed by atoms with van der Waals surface area (Å²) in [7, 11) is -3.70. The Morgan fingerprint density at radius 3 is 2.38 bits per heavy atom. The number of nitrogens with one attached hydrogen (secondary N) is 1. The fraction of sp³-hybridized carbons (Fsp3) is 0.375. The van der Waals surface area contributed by atoms with Gasteiger partial charge in [-0.1, -0.05) is 75.2 Å². The molecule has 0 fully saturated rings. The molecule has 4 rings (SSSR count). The first-order valence-corrected chi connectivity index (χ1v) is 16.6. The van der Waals surface area contributed by atoms with E-state index < -0.39 is 33.7 Å². The highest BCUT2D eigenvalue weighted by Crippen LogP contribution is 2.46. The number of halogens is 1. The minimum atomic E-state index is -3.70. The van der Waals surface area contributed by atoms with Crippen molar-refractivity contribution >= 4 is 49.0 Å². The Bertz CT molecular complexity index is 1480. The largest absolute Gasteiger partial charge is 0.483 e. The molecule has 1 aliphatic rings. The predicted octanol–water partition coefficient (Wildman–Crippen LogP) is 6.20. The number of hydrogen-bond donors (Lipinski definition) is 1. The molecule has 10 heteroatoms. The van der Waals surface area contributed by atoms with Crippen LogP contribution in [0.2, 0.25) is 0 Å². The van der Waals surface area contributed by atoms with Gasteiger partial charge in [0, 0.05) is 23.7 Å². The van der Waals surface area contributed by atoms with Crippen molar-refractivity contribution in [1.29, 1.82) is 0 Å². The number of carbonyl (C=O) groups is 2. The summed E-state index contributed by atoms with van der Waals surface area (Å²) in [6, 6.07) is 22.3. The number of ether oxygens (including phenoxy) is 2. The lowest BCUT2D eigenvalue weighted by atomic mass is 9.81. The molecule has 1 heterocycles. The van der Waals surface area contributed by atoms with Gasteiger partial charge in [0.2, 0.25) is 0 Å². The summed E-state index contributed by atoms with van der Waals surface area (Å²) in [6.45, 7) is 4.14. The van der Waals surface area contributed by atoms with Crippen LogP contribution >= 0.6 is 15.9 Å². The zero-order valence-electron chi connectivity index (χ0n) is 24.0. The number of hydrogen-bond acceptors (Lipinski definition) is 7. The van der Waals surface area contributed by atoms with Gasteiger partial charge in [0.25, 0.3) is 5.91 Å². The number of para-hydroxylation sites is 1. The molecule has 42 heavy (non-hydrogen) atoms. The molecule has 1 amide bonds. The van der Waals surface area contributed by atoms with Crippen LogP contribution in [-0.2, 0) is 30.8 Å². The van der Waals surface area contributed by atoms with Gasteiger partial charge >= 0.3 is 5.97 Å². The average molecular weight is 658 g/mol. The summed E-state index contributed by atoms with van der Waals surface area (Å²) in [5.41, 5.74) is 1.89. The molecule has 0 spiro atoms. The first-order valence-electron chi connectivity index (χ1n) is 14.1. The number of unbranched alkanes of at least 4 members (excludes halogenated alkanes) is 1. The quantitative estimate of drug-likeness (QED) is 0.232. The summed E-state index contributed by atoms with van der Waals surface area (Å²) in [5, 5.41) is 2.48. The highest BCUT2D eigenvalue weighted by Gasteiger charge is 2.41. The molecule has 1 atom stereocenters. The highest BCUT2D eigenvalue weighted by molar-refractivity contribution is 9.10. The monoisotopic (exact) mass is 656 g/mol. The maximum atomic E-state index is 13.9. The minimum Gasteiger partial charge on any atom is -0.483 e. The second kappa shape index (κ2) is 14.2. The van der Waals surface area contributed by atoms with Crippen LogP contribution in [0.3, 0.4) is 0 Å².